The van der Waals surface area contributed by atoms with E-state index in [0.717, 1.165) is 25.0 Å². The van der Waals surface area contributed by atoms with Gasteiger partial charge in [0.25, 0.3) is 0 Å². The first kappa shape index (κ1) is 14.8. The van der Waals surface area contributed by atoms with E-state index >= 15 is 0 Å². The second-order valence-electron chi connectivity index (χ2n) is 6.72. The lowest BCUT2D eigenvalue weighted by molar-refractivity contribution is -0.130. The number of amides is 1. The predicted molar refractivity (Wildman–Crippen MR) is 77.8 cm³/mol. The summed E-state index contributed by atoms with van der Waals surface area (Å²) in [5.41, 5.74) is 5.33. The van der Waals surface area contributed by atoms with Gasteiger partial charge in [-0.15, -0.1) is 0 Å². The fourth-order valence-electron chi connectivity index (χ4n) is 3.54. The van der Waals surface area contributed by atoms with Crippen molar-refractivity contribution in [2.24, 2.45) is 17.1 Å². The van der Waals surface area contributed by atoms with E-state index in [1.54, 1.807) is 0 Å². The molecule has 0 aromatic heterocycles. The second-order valence-corrected chi connectivity index (χ2v) is 6.72. The van der Waals surface area contributed by atoms with Gasteiger partial charge in [0.1, 0.15) is 0 Å². The van der Waals surface area contributed by atoms with E-state index in [9.17, 15) is 4.79 Å². The van der Waals surface area contributed by atoms with Crippen LogP contribution in [0.5, 0.6) is 0 Å². The SMILES string of the molecule is CCC(C)(CN)C(=O)NCC1CC2CCC(C1)N2C. The standard InChI is InChI=1S/C15H29N3O/c1-4-15(2,10-16)14(19)17-9-11-7-12-5-6-13(8-11)18(12)3/h11-13H,4-10,16H2,1-3H3,(H,17,19). The molecule has 0 spiro atoms. The van der Waals surface area contributed by atoms with E-state index in [4.69, 9.17) is 5.73 Å². The summed E-state index contributed by atoms with van der Waals surface area (Å²) in [6.07, 6.45) is 5.94. The number of hydrogen-bond donors (Lipinski definition) is 2. The molecule has 3 atom stereocenters. The molecule has 4 nitrogen and oxygen atoms in total. The second kappa shape index (κ2) is 5.80. The first-order chi connectivity index (χ1) is 9.00. The van der Waals surface area contributed by atoms with E-state index in [-0.39, 0.29) is 5.91 Å². The third kappa shape index (κ3) is 2.95. The minimum Gasteiger partial charge on any atom is -0.355 e. The molecule has 2 aliphatic heterocycles. The van der Waals surface area contributed by atoms with Gasteiger partial charge in [-0.25, -0.2) is 0 Å². The predicted octanol–water partition coefficient (Wildman–Crippen LogP) is 1.35. The largest absolute Gasteiger partial charge is 0.355 e. The number of nitrogens with zero attached hydrogens (tertiary/aromatic N) is 1. The molecular formula is C15H29N3O. The van der Waals surface area contributed by atoms with Crippen LogP contribution < -0.4 is 11.1 Å². The van der Waals surface area contributed by atoms with Crippen LogP contribution in [0.4, 0.5) is 0 Å². The number of carbonyl (C=O) groups excluding carboxylic acids is 1. The highest BCUT2D eigenvalue weighted by Crippen LogP contribution is 2.37. The Bertz CT molecular complexity index is 313. The summed E-state index contributed by atoms with van der Waals surface area (Å²) < 4.78 is 0. The molecule has 4 heteroatoms. The van der Waals surface area contributed by atoms with Gasteiger partial charge in [0.15, 0.2) is 0 Å². The quantitative estimate of drug-likeness (QED) is 0.790. The van der Waals surface area contributed by atoms with Crippen molar-refractivity contribution in [1.82, 2.24) is 10.2 Å². The molecule has 2 rings (SSSR count). The summed E-state index contributed by atoms with van der Waals surface area (Å²) in [5.74, 6) is 0.778. The Morgan fingerprint density at radius 2 is 1.95 bits per heavy atom. The molecule has 1 amide bonds. The summed E-state index contributed by atoms with van der Waals surface area (Å²) >= 11 is 0. The lowest BCUT2D eigenvalue weighted by Crippen LogP contribution is -2.47. The number of carbonyl (C=O) groups is 1. The topological polar surface area (TPSA) is 58.4 Å². The molecule has 0 radical (unpaired) electrons. The Balaban J connectivity index is 1.82. The van der Waals surface area contributed by atoms with Crippen molar-refractivity contribution < 1.29 is 4.79 Å². The number of hydrogen-bond acceptors (Lipinski definition) is 3. The molecule has 0 aliphatic carbocycles. The van der Waals surface area contributed by atoms with Crippen molar-refractivity contribution >= 4 is 5.91 Å². The maximum atomic E-state index is 12.2. The van der Waals surface area contributed by atoms with E-state index in [2.05, 4.69) is 17.3 Å². The van der Waals surface area contributed by atoms with Crippen LogP contribution in [0.1, 0.15) is 46.0 Å². The van der Waals surface area contributed by atoms with Crippen molar-refractivity contribution in [3.8, 4) is 0 Å². The highest BCUT2D eigenvalue weighted by Gasteiger charge is 2.38. The third-order valence-electron chi connectivity index (χ3n) is 5.53. The lowest BCUT2D eigenvalue weighted by atomic mass is 9.86. The van der Waals surface area contributed by atoms with E-state index < -0.39 is 5.41 Å². The minimum atomic E-state index is -0.398. The van der Waals surface area contributed by atoms with Crippen LogP contribution in [0.2, 0.25) is 0 Å². The van der Waals surface area contributed by atoms with Crippen LogP contribution in [-0.4, -0.2) is 43.0 Å². The van der Waals surface area contributed by atoms with Crippen LogP contribution in [0.3, 0.4) is 0 Å². The van der Waals surface area contributed by atoms with Gasteiger partial charge in [-0.3, -0.25) is 4.79 Å². The molecule has 3 N–H and O–H groups in total. The summed E-state index contributed by atoms with van der Waals surface area (Å²) in [6, 6.07) is 1.49. The van der Waals surface area contributed by atoms with Crippen LogP contribution in [0, 0.1) is 11.3 Å². The Labute approximate surface area is 117 Å². The number of nitrogens with one attached hydrogen (secondary N) is 1. The van der Waals surface area contributed by atoms with Crippen LogP contribution in [0.15, 0.2) is 0 Å². The fraction of sp³-hybridized carbons (Fsp3) is 0.933. The summed E-state index contributed by atoms with van der Waals surface area (Å²) in [6.45, 7) is 5.24. The molecular weight excluding hydrogens is 238 g/mol. The highest BCUT2D eigenvalue weighted by molar-refractivity contribution is 5.82. The normalized spacial score (nSPS) is 34.0. The van der Waals surface area contributed by atoms with E-state index in [1.807, 2.05) is 13.8 Å². The number of fused-ring (bicyclic) bond motifs is 2. The molecule has 0 aromatic carbocycles. The van der Waals surface area contributed by atoms with Gasteiger partial charge >= 0.3 is 0 Å². The average Bonchev–Trinajstić information content (AvgIpc) is 2.66. The van der Waals surface area contributed by atoms with Gasteiger partial charge < -0.3 is 16.0 Å². The lowest BCUT2D eigenvalue weighted by Gasteiger charge is -2.37. The van der Waals surface area contributed by atoms with Gasteiger partial charge in [0, 0.05) is 25.2 Å². The molecule has 2 fully saturated rings. The van der Waals surface area contributed by atoms with E-state index in [0.29, 0.717) is 12.5 Å². The van der Waals surface area contributed by atoms with Crippen molar-refractivity contribution in [2.45, 2.75) is 58.0 Å². The molecule has 0 aromatic rings. The summed E-state index contributed by atoms with van der Waals surface area (Å²) in [4.78, 5) is 14.7. The monoisotopic (exact) mass is 267 g/mol. The molecule has 19 heavy (non-hydrogen) atoms. The Morgan fingerprint density at radius 1 is 1.37 bits per heavy atom. The van der Waals surface area contributed by atoms with Gasteiger partial charge in [0.05, 0.1) is 5.41 Å². The van der Waals surface area contributed by atoms with Crippen molar-refractivity contribution in [2.75, 3.05) is 20.1 Å². The van der Waals surface area contributed by atoms with Crippen LogP contribution >= 0.6 is 0 Å². The minimum absolute atomic E-state index is 0.128. The first-order valence-electron chi connectivity index (χ1n) is 7.70. The molecule has 2 bridgehead atoms. The smallest absolute Gasteiger partial charge is 0.227 e. The zero-order valence-electron chi connectivity index (χ0n) is 12.6. The molecule has 3 unspecified atom stereocenters. The third-order valence-corrected chi connectivity index (χ3v) is 5.53. The van der Waals surface area contributed by atoms with Gasteiger partial charge in [0.2, 0.25) is 5.91 Å². The Morgan fingerprint density at radius 3 is 2.42 bits per heavy atom. The molecule has 110 valence electrons. The zero-order chi connectivity index (χ0) is 14.0. The first-order valence-corrected chi connectivity index (χ1v) is 7.70. The molecule has 2 aliphatic rings. The average molecular weight is 267 g/mol. The molecule has 0 saturated carbocycles. The van der Waals surface area contributed by atoms with Gasteiger partial charge in [-0.1, -0.05) is 6.92 Å². The summed E-state index contributed by atoms with van der Waals surface area (Å²) in [7, 11) is 2.25. The molecule has 2 heterocycles. The number of piperidine rings is 1. The van der Waals surface area contributed by atoms with Gasteiger partial charge in [-0.05, 0) is 52.0 Å². The van der Waals surface area contributed by atoms with Crippen LogP contribution in [0.25, 0.3) is 0 Å². The van der Waals surface area contributed by atoms with Crippen molar-refractivity contribution in [3.63, 3.8) is 0 Å². The zero-order valence-corrected chi connectivity index (χ0v) is 12.6. The number of rotatable bonds is 5. The van der Waals surface area contributed by atoms with Crippen LogP contribution in [-0.2, 0) is 4.79 Å². The number of nitrogens with two attached hydrogens (primary N) is 1. The van der Waals surface area contributed by atoms with Gasteiger partial charge in [-0.2, -0.15) is 0 Å². The molecule has 2 saturated heterocycles. The highest BCUT2D eigenvalue weighted by atomic mass is 16.2. The van der Waals surface area contributed by atoms with Crippen molar-refractivity contribution in [1.29, 1.82) is 0 Å². The maximum absolute atomic E-state index is 12.2. The fourth-order valence-corrected chi connectivity index (χ4v) is 3.54. The Kier molecular flexibility index (Phi) is 4.51. The Hall–Kier alpha value is -0.610. The summed E-state index contributed by atoms with van der Waals surface area (Å²) in [5, 5.41) is 3.14. The maximum Gasteiger partial charge on any atom is 0.227 e. The van der Waals surface area contributed by atoms with E-state index in [1.165, 1.54) is 25.7 Å². The van der Waals surface area contributed by atoms with Crippen molar-refractivity contribution in [3.05, 3.63) is 0 Å².